The Labute approximate surface area is 120 Å². The molecule has 0 unspecified atom stereocenters. The van der Waals surface area contributed by atoms with Crippen molar-refractivity contribution in [3.63, 3.8) is 0 Å². The number of rotatable bonds is 2. The van der Waals surface area contributed by atoms with Crippen molar-refractivity contribution in [1.29, 1.82) is 0 Å². The maximum absolute atomic E-state index is 5.93. The second kappa shape index (κ2) is 4.36. The molecule has 0 fully saturated rings. The highest BCUT2D eigenvalue weighted by molar-refractivity contribution is 7.99. The maximum atomic E-state index is 5.93. The van der Waals surface area contributed by atoms with E-state index in [1.807, 2.05) is 17.9 Å². The summed E-state index contributed by atoms with van der Waals surface area (Å²) in [5.74, 6) is 1.09. The lowest BCUT2D eigenvalue weighted by Gasteiger charge is -2.05. The molecule has 102 valence electrons. The minimum Gasteiger partial charge on any atom is -0.334 e. The Balaban J connectivity index is 1.90. The van der Waals surface area contributed by atoms with Crippen LogP contribution in [0.15, 0.2) is 29.7 Å². The molecule has 1 aliphatic rings. The highest BCUT2D eigenvalue weighted by atomic mass is 32.2. The van der Waals surface area contributed by atoms with Crippen molar-refractivity contribution in [2.45, 2.75) is 18.2 Å². The van der Waals surface area contributed by atoms with Crippen LogP contribution in [-0.2, 0) is 20.1 Å². The monoisotopic (exact) mass is 285 g/mol. The third-order valence-corrected chi connectivity index (χ3v) is 4.73. The topological polar surface area (TPSA) is 61.7 Å². The first kappa shape index (κ1) is 12.0. The standard InChI is InChI=1S/C14H15N5S/c1-18-8-16-10-6-9(2-3-11(10)18)13-12(7-15)19-4-5-20-14(19)17-13/h2-3,6,8H,4-5,7,15H2,1H3. The van der Waals surface area contributed by atoms with Gasteiger partial charge in [0, 0.05) is 31.5 Å². The zero-order valence-corrected chi connectivity index (χ0v) is 12.0. The maximum Gasteiger partial charge on any atom is 0.168 e. The molecule has 0 aliphatic carbocycles. The molecule has 0 saturated heterocycles. The zero-order chi connectivity index (χ0) is 13.7. The molecule has 1 aliphatic heterocycles. The molecule has 0 saturated carbocycles. The minimum absolute atomic E-state index is 0.517. The van der Waals surface area contributed by atoms with Crippen molar-refractivity contribution in [2.75, 3.05) is 5.75 Å². The van der Waals surface area contributed by atoms with Gasteiger partial charge in [-0.3, -0.25) is 0 Å². The van der Waals surface area contributed by atoms with E-state index < -0.39 is 0 Å². The van der Waals surface area contributed by atoms with Gasteiger partial charge in [0.05, 0.1) is 28.7 Å². The highest BCUT2D eigenvalue weighted by Gasteiger charge is 2.21. The van der Waals surface area contributed by atoms with Gasteiger partial charge in [-0.1, -0.05) is 17.8 Å². The smallest absolute Gasteiger partial charge is 0.168 e. The number of nitrogens with zero attached hydrogens (tertiary/aromatic N) is 4. The molecular formula is C14H15N5S. The number of aryl methyl sites for hydroxylation is 1. The molecule has 1 aromatic carbocycles. The molecule has 0 bridgehead atoms. The lowest BCUT2D eigenvalue weighted by atomic mass is 10.1. The van der Waals surface area contributed by atoms with E-state index in [1.54, 1.807) is 11.8 Å². The molecule has 20 heavy (non-hydrogen) atoms. The van der Waals surface area contributed by atoms with E-state index in [1.165, 1.54) is 0 Å². The van der Waals surface area contributed by atoms with Gasteiger partial charge >= 0.3 is 0 Å². The van der Waals surface area contributed by atoms with E-state index >= 15 is 0 Å². The zero-order valence-electron chi connectivity index (χ0n) is 11.2. The molecule has 0 spiro atoms. The molecule has 3 aromatic rings. The van der Waals surface area contributed by atoms with E-state index in [0.717, 1.165) is 45.4 Å². The molecule has 0 amide bonds. The first-order chi connectivity index (χ1) is 9.78. The summed E-state index contributed by atoms with van der Waals surface area (Å²) in [6, 6.07) is 6.29. The normalized spacial score (nSPS) is 14.1. The molecule has 2 N–H and O–H groups in total. The van der Waals surface area contributed by atoms with Crippen molar-refractivity contribution in [3.8, 4) is 11.3 Å². The lowest BCUT2D eigenvalue weighted by Crippen LogP contribution is -2.07. The Morgan fingerprint density at radius 3 is 3.15 bits per heavy atom. The van der Waals surface area contributed by atoms with Crippen molar-refractivity contribution in [3.05, 3.63) is 30.2 Å². The molecule has 5 nitrogen and oxygen atoms in total. The van der Waals surface area contributed by atoms with Gasteiger partial charge in [-0.25, -0.2) is 9.97 Å². The van der Waals surface area contributed by atoms with Gasteiger partial charge in [-0.2, -0.15) is 0 Å². The Bertz CT molecular complexity index is 801. The van der Waals surface area contributed by atoms with Crippen molar-refractivity contribution < 1.29 is 0 Å². The highest BCUT2D eigenvalue weighted by Crippen LogP contribution is 2.33. The summed E-state index contributed by atoms with van der Waals surface area (Å²) in [6.07, 6.45) is 1.83. The number of thioether (sulfide) groups is 1. The number of benzene rings is 1. The molecule has 0 radical (unpaired) electrons. The number of imidazole rings is 2. The molecule has 6 heteroatoms. The van der Waals surface area contributed by atoms with Crippen LogP contribution in [0.1, 0.15) is 5.69 Å². The third kappa shape index (κ3) is 1.61. The van der Waals surface area contributed by atoms with Gasteiger partial charge in [-0.05, 0) is 12.1 Å². The number of nitrogens with two attached hydrogens (primary N) is 1. The fourth-order valence-electron chi connectivity index (χ4n) is 2.75. The van der Waals surface area contributed by atoms with E-state index in [-0.39, 0.29) is 0 Å². The summed E-state index contributed by atoms with van der Waals surface area (Å²) in [5.41, 5.74) is 11.3. The molecule has 0 atom stereocenters. The fourth-order valence-corrected chi connectivity index (χ4v) is 3.72. The van der Waals surface area contributed by atoms with Crippen LogP contribution < -0.4 is 5.73 Å². The van der Waals surface area contributed by atoms with Crippen LogP contribution in [0.4, 0.5) is 0 Å². The van der Waals surface area contributed by atoms with Gasteiger partial charge in [0.2, 0.25) is 0 Å². The van der Waals surface area contributed by atoms with E-state index in [4.69, 9.17) is 10.7 Å². The second-order valence-electron chi connectivity index (χ2n) is 4.95. The predicted octanol–water partition coefficient (Wildman–Crippen LogP) is 2.00. The number of hydrogen-bond acceptors (Lipinski definition) is 4. The number of fused-ring (bicyclic) bond motifs is 2. The molecule has 4 rings (SSSR count). The van der Waals surface area contributed by atoms with E-state index in [0.29, 0.717) is 6.54 Å². The van der Waals surface area contributed by atoms with Crippen LogP contribution in [0.3, 0.4) is 0 Å². The fraction of sp³-hybridized carbons (Fsp3) is 0.286. The summed E-state index contributed by atoms with van der Waals surface area (Å²) in [7, 11) is 2.00. The van der Waals surface area contributed by atoms with Crippen LogP contribution in [0.5, 0.6) is 0 Å². The Kier molecular flexibility index (Phi) is 2.61. The van der Waals surface area contributed by atoms with Gasteiger partial charge in [0.25, 0.3) is 0 Å². The first-order valence-corrected chi connectivity index (χ1v) is 7.60. The summed E-state index contributed by atoms with van der Waals surface area (Å²) >= 11 is 1.80. The summed E-state index contributed by atoms with van der Waals surface area (Å²) in [4.78, 5) is 9.17. The molecule has 2 aromatic heterocycles. The van der Waals surface area contributed by atoms with Gasteiger partial charge in [0.1, 0.15) is 0 Å². The SMILES string of the molecule is Cn1cnc2cc(-c3nc4n(c3CN)CCS4)ccc21. The van der Waals surface area contributed by atoms with Crippen LogP contribution in [0, 0.1) is 0 Å². The Morgan fingerprint density at radius 2 is 2.30 bits per heavy atom. The van der Waals surface area contributed by atoms with Crippen LogP contribution in [-0.4, -0.2) is 24.9 Å². The second-order valence-corrected chi connectivity index (χ2v) is 6.01. The van der Waals surface area contributed by atoms with Crippen LogP contribution in [0.25, 0.3) is 22.3 Å². The van der Waals surface area contributed by atoms with Crippen molar-refractivity contribution >= 4 is 22.8 Å². The predicted molar refractivity (Wildman–Crippen MR) is 80.6 cm³/mol. The average Bonchev–Trinajstić information content (AvgIpc) is 3.12. The molecule has 3 heterocycles. The van der Waals surface area contributed by atoms with Crippen LogP contribution >= 0.6 is 11.8 Å². The van der Waals surface area contributed by atoms with Gasteiger partial charge in [-0.15, -0.1) is 0 Å². The molecular weight excluding hydrogens is 270 g/mol. The summed E-state index contributed by atoms with van der Waals surface area (Å²) in [5, 5.41) is 1.08. The quantitative estimate of drug-likeness (QED) is 0.782. The third-order valence-electron chi connectivity index (χ3n) is 3.78. The largest absolute Gasteiger partial charge is 0.334 e. The Hall–Kier alpha value is -1.79. The van der Waals surface area contributed by atoms with Gasteiger partial charge < -0.3 is 14.9 Å². The number of hydrogen-bond donors (Lipinski definition) is 1. The van der Waals surface area contributed by atoms with Crippen molar-refractivity contribution in [2.24, 2.45) is 12.8 Å². The van der Waals surface area contributed by atoms with Gasteiger partial charge in [0.15, 0.2) is 5.16 Å². The average molecular weight is 285 g/mol. The first-order valence-electron chi connectivity index (χ1n) is 6.61. The summed E-state index contributed by atoms with van der Waals surface area (Å²) < 4.78 is 4.26. The Morgan fingerprint density at radius 1 is 1.40 bits per heavy atom. The van der Waals surface area contributed by atoms with Crippen LogP contribution in [0.2, 0.25) is 0 Å². The number of aromatic nitrogens is 4. The summed E-state index contributed by atoms with van der Waals surface area (Å²) in [6.45, 7) is 1.52. The van der Waals surface area contributed by atoms with E-state index in [9.17, 15) is 0 Å². The van der Waals surface area contributed by atoms with Crippen molar-refractivity contribution in [1.82, 2.24) is 19.1 Å². The van der Waals surface area contributed by atoms with E-state index in [2.05, 4.69) is 27.8 Å². The minimum atomic E-state index is 0.517. The lowest BCUT2D eigenvalue weighted by molar-refractivity contribution is 0.678.